The van der Waals surface area contributed by atoms with Crippen LogP contribution in [0.1, 0.15) is 16.7 Å². The summed E-state index contributed by atoms with van der Waals surface area (Å²) in [4.78, 5) is 28.2. The number of amides is 2. The van der Waals surface area contributed by atoms with E-state index in [-0.39, 0.29) is 5.70 Å². The van der Waals surface area contributed by atoms with Crippen LogP contribution < -0.4 is 15.0 Å². The lowest BCUT2D eigenvalue weighted by Crippen LogP contribution is -2.32. The second-order valence-electron chi connectivity index (χ2n) is 7.46. The van der Waals surface area contributed by atoms with E-state index in [0.29, 0.717) is 38.3 Å². The van der Waals surface area contributed by atoms with Gasteiger partial charge >= 0.3 is 0 Å². The highest BCUT2D eigenvalue weighted by Crippen LogP contribution is 2.36. The number of carbonyl (C=O) groups is 2. The fourth-order valence-electron chi connectivity index (χ4n) is 3.70. The van der Waals surface area contributed by atoms with Crippen molar-refractivity contribution in [3.63, 3.8) is 0 Å². The molecule has 0 saturated carbocycles. The van der Waals surface area contributed by atoms with E-state index in [1.54, 1.807) is 42.5 Å². The number of carbonyl (C=O) groups excluding carboxylic acids is 2. The van der Waals surface area contributed by atoms with Crippen LogP contribution in [0.15, 0.2) is 66.4 Å². The third-order valence-electron chi connectivity index (χ3n) is 5.24. The van der Waals surface area contributed by atoms with Gasteiger partial charge in [0.1, 0.15) is 11.4 Å². The normalized spacial score (nSPS) is 13.7. The highest BCUT2D eigenvalue weighted by Gasteiger charge is 2.40. The molecule has 1 aliphatic rings. The molecule has 0 atom stereocenters. The smallest absolute Gasteiger partial charge is 0.282 e. The summed E-state index contributed by atoms with van der Waals surface area (Å²) in [6.07, 6.45) is 0. The van der Waals surface area contributed by atoms with E-state index in [2.05, 4.69) is 5.32 Å². The molecule has 4 rings (SSSR count). The van der Waals surface area contributed by atoms with Gasteiger partial charge in [0, 0.05) is 10.7 Å². The SMILES string of the molecule is COc1ccc(NC2=C(c3ccc(C)cc3C)C(=O)N(c3ccc(Cl)cc3)C2=O)cc1Cl. The first-order valence-electron chi connectivity index (χ1n) is 9.87. The molecule has 3 aromatic rings. The molecule has 1 aliphatic heterocycles. The number of nitrogens with zero attached hydrogens (tertiary/aromatic N) is 1. The van der Waals surface area contributed by atoms with Gasteiger partial charge < -0.3 is 10.1 Å². The predicted molar refractivity (Wildman–Crippen MR) is 128 cm³/mol. The lowest BCUT2D eigenvalue weighted by atomic mass is 9.97. The molecular formula is C25H20Cl2N2O3. The molecule has 0 aliphatic carbocycles. The van der Waals surface area contributed by atoms with Crippen molar-refractivity contribution in [3.05, 3.63) is 93.1 Å². The van der Waals surface area contributed by atoms with Gasteiger partial charge in [-0.05, 0) is 67.4 Å². The first-order chi connectivity index (χ1) is 15.3. The fraction of sp³-hybridized carbons (Fsp3) is 0.120. The Morgan fingerprint density at radius 3 is 2.22 bits per heavy atom. The van der Waals surface area contributed by atoms with Crippen LogP contribution in [0.2, 0.25) is 10.0 Å². The Balaban J connectivity index is 1.84. The molecule has 0 radical (unpaired) electrons. The van der Waals surface area contributed by atoms with Crippen LogP contribution in [-0.2, 0) is 9.59 Å². The molecule has 5 nitrogen and oxygen atoms in total. The Morgan fingerprint density at radius 1 is 0.875 bits per heavy atom. The third kappa shape index (κ3) is 3.97. The van der Waals surface area contributed by atoms with Crippen molar-refractivity contribution in [2.75, 3.05) is 17.3 Å². The minimum atomic E-state index is -0.459. The van der Waals surface area contributed by atoms with Gasteiger partial charge in [-0.25, -0.2) is 4.90 Å². The van der Waals surface area contributed by atoms with Crippen LogP contribution in [0.5, 0.6) is 5.75 Å². The van der Waals surface area contributed by atoms with E-state index in [4.69, 9.17) is 27.9 Å². The van der Waals surface area contributed by atoms with Gasteiger partial charge in [0.15, 0.2) is 0 Å². The van der Waals surface area contributed by atoms with Crippen LogP contribution >= 0.6 is 23.2 Å². The number of rotatable bonds is 5. The summed E-state index contributed by atoms with van der Waals surface area (Å²) in [6.45, 7) is 3.89. The number of benzene rings is 3. The number of hydrogen-bond donors (Lipinski definition) is 1. The lowest BCUT2D eigenvalue weighted by Gasteiger charge is -2.15. The van der Waals surface area contributed by atoms with Gasteiger partial charge in [0.2, 0.25) is 0 Å². The van der Waals surface area contributed by atoms with Crippen molar-refractivity contribution in [1.29, 1.82) is 0 Å². The summed E-state index contributed by atoms with van der Waals surface area (Å²) < 4.78 is 5.20. The van der Waals surface area contributed by atoms with Crippen LogP contribution in [0.4, 0.5) is 11.4 Å². The topological polar surface area (TPSA) is 58.6 Å². The minimum Gasteiger partial charge on any atom is -0.495 e. The van der Waals surface area contributed by atoms with Gasteiger partial charge in [-0.2, -0.15) is 0 Å². The Kier molecular flexibility index (Phi) is 5.96. The van der Waals surface area contributed by atoms with Crippen molar-refractivity contribution in [1.82, 2.24) is 0 Å². The third-order valence-corrected chi connectivity index (χ3v) is 5.79. The maximum absolute atomic E-state index is 13.5. The predicted octanol–water partition coefficient (Wildman–Crippen LogP) is 6.02. The molecule has 0 bridgehead atoms. The highest BCUT2D eigenvalue weighted by atomic mass is 35.5. The number of ether oxygens (including phenoxy) is 1. The molecule has 162 valence electrons. The summed E-state index contributed by atoms with van der Waals surface area (Å²) in [5, 5.41) is 4.02. The monoisotopic (exact) mass is 466 g/mol. The number of nitrogens with one attached hydrogen (secondary N) is 1. The zero-order valence-corrected chi connectivity index (χ0v) is 19.2. The van der Waals surface area contributed by atoms with E-state index >= 15 is 0 Å². The van der Waals surface area contributed by atoms with Crippen LogP contribution in [-0.4, -0.2) is 18.9 Å². The Hall–Kier alpha value is -3.28. The zero-order chi connectivity index (χ0) is 23.0. The minimum absolute atomic E-state index is 0.179. The molecule has 0 aromatic heterocycles. The molecule has 0 spiro atoms. The summed E-state index contributed by atoms with van der Waals surface area (Å²) in [5.41, 5.74) is 4.13. The van der Waals surface area contributed by atoms with E-state index < -0.39 is 11.8 Å². The van der Waals surface area contributed by atoms with Crippen molar-refractivity contribution in [3.8, 4) is 5.75 Å². The molecule has 32 heavy (non-hydrogen) atoms. The second-order valence-corrected chi connectivity index (χ2v) is 8.31. The summed E-state index contributed by atoms with van der Waals surface area (Å²) in [7, 11) is 1.53. The van der Waals surface area contributed by atoms with E-state index in [1.165, 1.54) is 7.11 Å². The summed E-state index contributed by atoms with van der Waals surface area (Å²) >= 11 is 12.3. The van der Waals surface area contributed by atoms with Gasteiger partial charge in [-0.15, -0.1) is 0 Å². The van der Waals surface area contributed by atoms with Crippen molar-refractivity contribution in [2.45, 2.75) is 13.8 Å². The maximum Gasteiger partial charge on any atom is 0.282 e. The molecule has 0 saturated heterocycles. The molecule has 7 heteroatoms. The molecule has 0 unspecified atom stereocenters. The molecule has 2 amide bonds. The Labute approximate surface area is 196 Å². The standard InChI is InChI=1S/C25H20Cl2N2O3/c1-14-4-10-19(15(2)12-14)22-23(28-17-7-11-21(32-3)20(27)13-17)25(31)29(24(22)30)18-8-5-16(26)6-9-18/h4-13,28H,1-3H3. The largest absolute Gasteiger partial charge is 0.495 e. The van der Waals surface area contributed by atoms with Gasteiger partial charge in [0.25, 0.3) is 11.8 Å². The summed E-state index contributed by atoms with van der Waals surface area (Å²) in [6, 6.07) is 17.4. The molecule has 1 heterocycles. The molecule has 1 N–H and O–H groups in total. The lowest BCUT2D eigenvalue weighted by molar-refractivity contribution is -0.120. The maximum atomic E-state index is 13.5. The number of imide groups is 1. The Bertz CT molecular complexity index is 1270. The number of anilines is 2. The van der Waals surface area contributed by atoms with Gasteiger partial charge in [-0.3, -0.25) is 9.59 Å². The van der Waals surface area contributed by atoms with Gasteiger partial charge in [-0.1, -0.05) is 47.0 Å². The average molecular weight is 467 g/mol. The van der Waals surface area contributed by atoms with Crippen LogP contribution in [0.3, 0.4) is 0 Å². The van der Waals surface area contributed by atoms with Crippen molar-refractivity contribution >= 4 is 52.0 Å². The fourth-order valence-corrected chi connectivity index (χ4v) is 4.09. The Morgan fingerprint density at radius 2 is 1.59 bits per heavy atom. The number of hydrogen-bond acceptors (Lipinski definition) is 4. The van der Waals surface area contributed by atoms with Gasteiger partial charge in [0.05, 0.1) is 23.4 Å². The number of aryl methyl sites for hydroxylation is 2. The zero-order valence-electron chi connectivity index (χ0n) is 17.7. The van der Waals surface area contributed by atoms with Crippen LogP contribution in [0.25, 0.3) is 5.57 Å². The highest BCUT2D eigenvalue weighted by molar-refractivity contribution is 6.46. The first kappa shape index (κ1) is 21.9. The van der Waals surface area contributed by atoms with Crippen molar-refractivity contribution in [2.24, 2.45) is 0 Å². The number of methoxy groups -OCH3 is 1. The quantitative estimate of drug-likeness (QED) is 0.467. The van der Waals surface area contributed by atoms with E-state index in [9.17, 15) is 9.59 Å². The average Bonchev–Trinajstić information content (AvgIpc) is 2.99. The van der Waals surface area contributed by atoms with E-state index in [1.807, 2.05) is 32.0 Å². The molecule has 3 aromatic carbocycles. The summed E-state index contributed by atoms with van der Waals surface area (Å²) in [5.74, 6) is -0.358. The second kappa shape index (κ2) is 8.69. The van der Waals surface area contributed by atoms with Crippen LogP contribution in [0, 0.1) is 13.8 Å². The van der Waals surface area contributed by atoms with E-state index in [0.717, 1.165) is 16.0 Å². The molecule has 0 fully saturated rings. The number of halogens is 2. The van der Waals surface area contributed by atoms with Crippen molar-refractivity contribution < 1.29 is 14.3 Å². The molecular weight excluding hydrogens is 447 g/mol. The first-order valence-corrected chi connectivity index (χ1v) is 10.6.